The van der Waals surface area contributed by atoms with Gasteiger partial charge in [0, 0.05) is 43.0 Å². The molecule has 1 N–H and O–H groups in total. The van der Waals surface area contributed by atoms with Gasteiger partial charge in [0.25, 0.3) is 0 Å². The zero-order valence-electron chi connectivity index (χ0n) is 17.2. The number of hydrogen-bond acceptors (Lipinski definition) is 5. The van der Waals surface area contributed by atoms with Crippen LogP contribution in [0.5, 0.6) is 11.5 Å². The average molecular weight is 453 g/mol. The molecule has 0 spiro atoms. The van der Waals surface area contributed by atoms with Gasteiger partial charge in [-0.3, -0.25) is 14.0 Å². The van der Waals surface area contributed by atoms with E-state index in [1.807, 2.05) is 28.8 Å². The summed E-state index contributed by atoms with van der Waals surface area (Å²) in [7, 11) is 0. The second-order valence-corrected chi connectivity index (χ2v) is 8.06. The van der Waals surface area contributed by atoms with Crippen molar-refractivity contribution in [3.05, 3.63) is 59.5 Å². The van der Waals surface area contributed by atoms with Crippen LogP contribution in [-0.2, 0) is 9.59 Å². The van der Waals surface area contributed by atoms with E-state index in [-0.39, 0.29) is 24.5 Å². The van der Waals surface area contributed by atoms with Crippen molar-refractivity contribution in [1.29, 1.82) is 0 Å². The number of aromatic nitrogens is 2. The Morgan fingerprint density at radius 3 is 2.78 bits per heavy atom. The Hall–Kier alpha value is -3.52. The second kappa shape index (κ2) is 8.55. The van der Waals surface area contributed by atoms with Crippen LogP contribution in [0.1, 0.15) is 18.5 Å². The summed E-state index contributed by atoms with van der Waals surface area (Å²) >= 11 is 6.22. The molecule has 164 valence electrons. The number of hydrogen-bond donors (Lipinski definition) is 1. The monoisotopic (exact) mass is 452 g/mol. The molecule has 32 heavy (non-hydrogen) atoms. The van der Waals surface area contributed by atoms with Crippen molar-refractivity contribution in [3.63, 3.8) is 0 Å². The Morgan fingerprint density at radius 2 is 1.94 bits per heavy atom. The molecule has 0 atom stereocenters. The summed E-state index contributed by atoms with van der Waals surface area (Å²) in [5, 5.41) is 3.28. The number of likely N-dealkylation sites (tertiary alicyclic amines) is 1. The lowest BCUT2D eigenvalue weighted by atomic mass is 9.95. The molecule has 2 aliphatic rings. The van der Waals surface area contributed by atoms with E-state index >= 15 is 0 Å². The summed E-state index contributed by atoms with van der Waals surface area (Å²) in [5.41, 5.74) is 2.05. The van der Waals surface area contributed by atoms with E-state index in [2.05, 4.69) is 10.3 Å². The van der Waals surface area contributed by atoms with Gasteiger partial charge in [0.05, 0.1) is 5.69 Å². The maximum absolute atomic E-state index is 12.7. The van der Waals surface area contributed by atoms with E-state index in [0.717, 1.165) is 5.65 Å². The Labute approximate surface area is 189 Å². The summed E-state index contributed by atoms with van der Waals surface area (Å²) in [4.78, 5) is 31.3. The predicted molar refractivity (Wildman–Crippen MR) is 120 cm³/mol. The quantitative estimate of drug-likeness (QED) is 0.611. The maximum atomic E-state index is 12.7. The van der Waals surface area contributed by atoms with E-state index in [1.54, 1.807) is 29.2 Å². The number of nitrogens with one attached hydrogen (secondary N) is 1. The number of carbonyl (C=O) groups is 2. The molecule has 5 rings (SSSR count). The fourth-order valence-electron chi connectivity index (χ4n) is 3.97. The highest BCUT2D eigenvalue weighted by molar-refractivity contribution is 6.31. The van der Waals surface area contributed by atoms with Crippen LogP contribution in [0.15, 0.2) is 48.7 Å². The summed E-state index contributed by atoms with van der Waals surface area (Å²) in [6.07, 6.45) is 6.25. The van der Waals surface area contributed by atoms with Gasteiger partial charge < -0.3 is 19.7 Å². The van der Waals surface area contributed by atoms with E-state index in [9.17, 15) is 9.59 Å². The zero-order valence-corrected chi connectivity index (χ0v) is 17.9. The van der Waals surface area contributed by atoms with Crippen molar-refractivity contribution < 1.29 is 19.1 Å². The van der Waals surface area contributed by atoms with Crippen LogP contribution in [0.25, 0.3) is 11.7 Å². The molecule has 0 unspecified atom stereocenters. The third-order valence-electron chi connectivity index (χ3n) is 5.72. The summed E-state index contributed by atoms with van der Waals surface area (Å²) in [6, 6.07) is 10.9. The molecule has 0 bridgehead atoms. The number of rotatable bonds is 4. The average Bonchev–Trinajstić information content (AvgIpc) is 3.40. The first kappa shape index (κ1) is 20.4. The smallest absolute Gasteiger partial charge is 0.246 e. The number of nitrogens with zero attached hydrogens (tertiary/aromatic N) is 3. The van der Waals surface area contributed by atoms with Gasteiger partial charge >= 0.3 is 0 Å². The molecule has 2 aromatic heterocycles. The number of amides is 2. The minimum atomic E-state index is -0.151. The minimum Gasteiger partial charge on any atom is -0.454 e. The molecule has 1 fully saturated rings. The fraction of sp³-hybridized carbons (Fsp3) is 0.261. The third-order valence-corrected chi connectivity index (χ3v) is 6.00. The fourth-order valence-corrected chi connectivity index (χ4v) is 4.21. The van der Waals surface area contributed by atoms with Crippen LogP contribution in [0.2, 0.25) is 5.15 Å². The van der Waals surface area contributed by atoms with Gasteiger partial charge in [-0.2, -0.15) is 0 Å². The molecule has 0 radical (unpaired) electrons. The van der Waals surface area contributed by atoms with Gasteiger partial charge in [0.2, 0.25) is 18.6 Å². The molecular formula is C23H21ClN4O4. The molecule has 1 saturated heterocycles. The van der Waals surface area contributed by atoms with Crippen molar-refractivity contribution >= 4 is 40.8 Å². The van der Waals surface area contributed by atoms with Crippen LogP contribution >= 0.6 is 11.6 Å². The summed E-state index contributed by atoms with van der Waals surface area (Å²) < 4.78 is 12.5. The minimum absolute atomic E-state index is 0.0518. The lowest BCUT2D eigenvalue weighted by molar-refractivity contribution is -0.130. The van der Waals surface area contributed by atoms with Gasteiger partial charge in [0.1, 0.15) is 5.65 Å². The Bertz CT molecular complexity index is 1210. The molecule has 0 saturated carbocycles. The molecule has 3 aromatic rings. The summed E-state index contributed by atoms with van der Waals surface area (Å²) in [5.74, 6) is 0.987. The van der Waals surface area contributed by atoms with Crippen LogP contribution in [0.4, 0.5) is 5.69 Å². The van der Waals surface area contributed by atoms with Crippen LogP contribution in [0, 0.1) is 5.92 Å². The standard InChI is InChI=1S/C23H21ClN4O4/c24-22-17(28-10-2-1-3-20(28)26-22)5-7-21(29)27-11-8-15(9-12-27)23(30)25-16-4-6-18-19(13-16)32-14-31-18/h1-7,10,13,15H,8-9,11-12,14H2,(H,25,30)/b7-5+. The number of benzene rings is 1. The number of imidazole rings is 1. The van der Waals surface area contributed by atoms with E-state index in [4.69, 9.17) is 21.1 Å². The molecule has 2 amide bonds. The number of ether oxygens (including phenoxy) is 2. The van der Waals surface area contributed by atoms with E-state index in [1.165, 1.54) is 6.08 Å². The van der Waals surface area contributed by atoms with Crippen molar-refractivity contribution in [2.24, 2.45) is 5.92 Å². The topological polar surface area (TPSA) is 85.2 Å². The second-order valence-electron chi connectivity index (χ2n) is 7.71. The van der Waals surface area contributed by atoms with Crippen LogP contribution in [0.3, 0.4) is 0 Å². The molecule has 2 aliphatic heterocycles. The molecule has 9 heteroatoms. The zero-order chi connectivity index (χ0) is 22.1. The molecule has 1 aromatic carbocycles. The molecular weight excluding hydrogens is 432 g/mol. The lowest BCUT2D eigenvalue weighted by Gasteiger charge is -2.30. The number of piperidine rings is 1. The first-order valence-corrected chi connectivity index (χ1v) is 10.8. The van der Waals surface area contributed by atoms with Gasteiger partial charge in [-0.15, -0.1) is 0 Å². The van der Waals surface area contributed by atoms with Gasteiger partial charge in [-0.1, -0.05) is 17.7 Å². The number of pyridine rings is 1. The molecule has 0 aliphatic carbocycles. The highest BCUT2D eigenvalue weighted by Gasteiger charge is 2.27. The number of carbonyl (C=O) groups excluding carboxylic acids is 2. The number of anilines is 1. The number of halogens is 1. The highest BCUT2D eigenvalue weighted by atomic mass is 35.5. The van der Waals surface area contributed by atoms with E-state index < -0.39 is 0 Å². The van der Waals surface area contributed by atoms with Crippen LogP contribution < -0.4 is 14.8 Å². The van der Waals surface area contributed by atoms with Crippen molar-refractivity contribution in [2.75, 3.05) is 25.2 Å². The molecule has 4 heterocycles. The van der Waals surface area contributed by atoms with Crippen LogP contribution in [-0.4, -0.2) is 46.0 Å². The maximum Gasteiger partial charge on any atom is 0.246 e. The number of fused-ring (bicyclic) bond motifs is 2. The van der Waals surface area contributed by atoms with E-state index in [0.29, 0.717) is 54.0 Å². The van der Waals surface area contributed by atoms with Gasteiger partial charge in [-0.25, -0.2) is 4.98 Å². The predicted octanol–water partition coefficient (Wildman–Crippen LogP) is 3.61. The highest BCUT2D eigenvalue weighted by Crippen LogP contribution is 2.34. The van der Waals surface area contributed by atoms with Crippen molar-refractivity contribution in [1.82, 2.24) is 14.3 Å². The third kappa shape index (κ3) is 4.01. The van der Waals surface area contributed by atoms with Crippen molar-refractivity contribution in [3.8, 4) is 11.5 Å². The normalized spacial score (nSPS) is 16.1. The Kier molecular flexibility index (Phi) is 5.45. The summed E-state index contributed by atoms with van der Waals surface area (Å²) in [6.45, 7) is 1.23. The van der Waals surface area contributed by atoms with Gasteiger partial charge in [-0.05, 0) is 43.2 Å². The van der Waals surface area contributed by atoms with Gasteiger partial charge in [0.15, 0.2) is 16.7 Å². The molecule has 8 nitrogen and oxygen atoms in total. The van der Waals surface area contributed by atoms with Crippen molar-refractivity contribution in [2.45, 2.75) is 12.8 Å². The Morgan fingerprint density at radius 1 is 1.12 bits per heavy atom. The first-order valence-electron chi connectivity index (χ1n) is 10.4. The first-order chi connectivity index (χ1) is 15.6. The SMILES string of the molecule is O=C(Nc1ccc2c(c1)OCO2)C1CCN(C(=O)/C=C/c2c(Cl)nc3ccccn23)CC1. The lowest BCUT2D eigenvalue weighted by Crippen LogP contribution is -2.40. The Balaban J connectivity index is 1.17. The largest absolute Gasteiger partial charge is 0.454 e.